The van der Waals surface area contributed by atoms with Crippen LogP contribution < -0.4 is 9.47 Å². The van der Waals surface area contributed by atoms with Gasteiger partial charge in [0.05, 0.1) is 24.3 Å². The smallest absolute Gasteiger partial charge is 0.266 e. The number of methoxy groups -OCH3 is 1. The molecule has 0 atom stereocenters. The van der Waals surface area contributed by atoms with Crippen molar-refractivity contribution in [1.82, 2.24) is 9.88 Å². The van der Waals surface area contributed by atoms with Crippen molar-refractivity contribution in [2.75, 3.05) is 20.8 Å². The number of hydrogen-bond donors (Lipinski definition) is 0. The lowest BCUT2D eigenvalue weighted by Gasteiger charge is -2.09. The van der Waals surface area contributed by atoms with E-state index in [0.29, 0.717) is 33.3 Å². The molecule has 0 spiro atoms. The van der Waals surface area contributed by atoms with Gasteiger partial charge >= 0.3 is 0 Å². The van der Waals surface area contributed by atoms with E-state index in [9.17, 15) is 4.79 Å². The number of carbonyl (C=O) groups is 1. The Morgan fingerprint density at radius 3 is 2.71 bits per heavy atom. The number of thiazole rings is 1. The molecule has 1 aliphatic rings. The van der Waals surface area contributed by atoms with Crippen LogP contribution in [0.1, 0.15) is 12.5 Å². The van der Waals surface area contributed by atoms with Crippen LogP contribution in [-0.4, -0.2) is 41.7 Å². The summed E-state index contributed by atoms with van der Waals surface area (Å²) in [4.78, 5) is 24.1. The van der Waals surface area contributed by atoms with E-state index in [1.807, 2.05) is 66.9 Å². The Kier molecular flexibility index (Phi) is 6.39. The third-order valence-corrected chi connectivity index (χ3v) is 6.34. The number of nitrogens with zero attached hydrogens (tertiary/aromatic N) is 3. The molecule has 8 heteroatoms. The molecule has 2 heterocycles. The van der Waals surface area contributed by atoms with Crippen LogP contribution in [0.4, 0.5) is 5.13 Å². The molecule has 0 N–H and O–H groups in total. The van der Waals surface area contributed by atoms with Gasteiger partial charge in [0.25, 0.3) is 5.91 Å². The summed E-state index contributed by atoms with van der Waals surface area (Å²) in [6.45, 7) is 2.48. The summed E-state index contributed by atoms with van der Waals surface area (Å²) in [5.74, 6) is 1.21. The number of thioether (sulfide) groups is 1. The van der Waals surface area contributed by atoms with Crippen molar-refractivity contribution in [3.05, 3.63) is 64.4 Å². The Hall–Kier alpha value is -3.10. The molecule has 0 saturated carbocycles. The molecular weight excluding hydrogens is 430 g/mol. The molecule has 0 radical (unpaired) electrons. The number of rotatable bonds is 6. The van der Waals surface area contributed by atoms with E-state index in [-0.39, 0.29) is 5.91 Å². The Bertz CT molecular complexity index is 1160. The highest BCUT2D eigenvalue weighted by Crippen LogP contribution is 2.36. The highest BCUT2D eigenvalue weighted by molar-refractivity contribution is 8.18. The molecule has 0 bridgehead atoms. The molecule has 4 rings (SSSR count). The van der Waals surface area contributed by atoms with Crippen LogP contribution in [-0.2, 0) is 4.79 Å². The third kappa shape index (κ3) is 4.65. The lowest BCUT2D eigenvalue weighted by molar-refractivity contribution is -0.121. The summed E-state index contributed by atoms with van der Waals surface area (Å²) in [6, 6.07) is 15.6. The number of carbonyl (C=O) groups excluding carboxylic acids is 1. The monoisotopic (exact) mass is 451 g/mol. The van der Waals surface area contributed by atoms with Gasteiger partial charge in [-0.3, -0.25) is 9.69 Å². The SMILES string of the molecule is CCOc1ccc(/C=C2\S/C(=N/c3nc(-c4ccccc4)cs3)N(C)C2=O)cc1OC. The molecule has 1 aliphatic heterocycles. The first kappa shape index (κ1) is 21.1. The topological polar surface area (TPSA) is 64.0 Å². The van der Waals surface area contributed by atoms with Gasteiger partial charge in [-0.25, -0.2) is 4.98 Å². The van der Waals surface area contributed by atoms with E-state index in [2.05, 4.69) is 9.98 Å². The number of hydrogen-bond acceptors (Lipinski definition) is 7. The molecule has 31 heavy (non-hydrogen) atoms. The van der Waals surface area contributed by atoms with Crippen LogP contribution in [0.15, 0.2) is 63.8 Å². The molecule has 0 unspecified atom stereocenters. The summed E-state index contributed by atoms with van der Waals surface area (Å²) in [6.07, 6.45) is 1.83. The largest absolute Gasteiger partial charge is 0.493 e. The lowest BCUT2D eigenvalue weighted by Crippen LogP contribution is -2.23. The molecule has 3 aromatic rings. The van der Waals surface area contributed by atoms with Gasteiger partial charge in [0, 0.05) is 18.0 Å². The minimum atomic E-state index is -0.101. The van der Waals surface area contributed by atoms with Gasteiger partial charge in [0.15, 0.2) is 16.7 Å². The molecule has 1 aromatic heterocycles. The van der Waals surface area contributed by atoms with Gasteiger partial charge in [-0.15, -0.1) is 11.3 Å². The second-order valence-corrected chi connectivity index (χ2v) is 8.44. The van der Waals surface area contributed by atoms with Crippen molar-refractivity contribution in [3.8, 4) is 22.8 Å². The van der Waals surface area contributed by atoms with Crippen molar-refractivity contribution in [2.45, 2.75) is 6.92 Å². The summed E-state index contributed by atoms with van der Waals surface area (Å²) >= 11 is 2.78. The van der Waals surface area contributed by atoms with E-state index in [1.165, 1.54) is 23.1 Å². The lowest BCUT2D eigenvalue weighted by atomic mass is 10.2. The predicted molar refractivity (Wildman–Crippen MR) is 127 cm³/mol. The molecule has 1 fully saturated rings. The quantitative estimate of drug-likeness (QED) is 0.466. The summed E-state index contributed by atoms with van der Waals surface area (Å²) in [5.41, 5.74) is 2.77. The first-order valence-corrected chi connectivity index (χ1v) is 11.4. The minimum absolute atomic E-state index is 0.101. The molecule has 6 nitrogen and oxygen atoms in total. The van der Waals surface area contributed by atoms with Gasteiger partial charge in [-0.2, -0.15) is 4.99 Å². The normalized spacial score (nSPS) is 16.4. The minimum Gasteiger partial charge on any atom is -0.493 e. The van der Waals surface area contributed by atoms with Crippen molar-refractivity contribution in [2.24, 2.45) is 4.99 Å². The van der Waals surface area contributed by atoms with E-state index in [0.717, 1.165) is 16.8 Å². The molecule has 158 valence electrons. The zero-order valence-electron chi connectivity index (χ0n) is 17.4. The van der Waals surface area contributed by atoms with Crippen molar-refractivity contribution >= 4 is 45.4 Å². The van der Waals surface area contributed by atoms with Crippen LogP contribution in [0, 0.1) is 0 Å². The summed E-state index contributed by atoms with van der Waals surface area (Å²) < 4.78 is 11.0. The number of ether oxygens (including phenoxy) is 2. The Labute approximate surface area is 189 Å². The highest BCUT2D eigenvalue weighted by atomic mass is 32.2. The van der Waals surface area contributed by atoms with Gasteiger partial charge < -0.3 is 9.47 Å². The van der Waals surface area contributed by atoms with E-state index in [1.54, 1.807) is 19.1 Å². The fraction of sp³-hybridized carbons (Fsp3) is 0.174. The van der Waals surface area contributed by atoms with Crippen LogP contribution >= 0.6 is 23.1 Å². The first-order valence-electron chi connectivity index (χ1n) is 9.67. The van der Waals surface area contributed by atoms with Crippen molar-refractivity contribution in [1.29, 1.82) is 0 Å². The van der Waals surface area contributed by atoms with Gasteiger partial charge in [0.2, 0.25) is 5.13 Å². The van der Waals surface area contributed by atoms with E-state index in [4.69, 9.17) is 9.47 Å². The Morgan fingerprint density at radius 1 is 1.16 bits per heavy atom. The molecule has 1 amide bonds. The predicted octanol–water partition coefficient (Wildman–Crippen LogP) is 5.45. The van der Waals surface area contributed by atoms with E-state index < -0.39 is 0 Å². The third-order valence-electron chi connectivity index (χ3n) is 4.54. The molecule has 1 saturated heterocycles. The number of likely N-dealkylation sites (N-methyl/N-ethyl adjacent to an activating group) is 1. The highest BCUT2D eigenvalue weighted by Gasteiger charge is 2.30. The zero-order valence-corrected chi connectivity index (χ0v) is 19.0. The van der Waals surface area contributed by atoms with Crippen molar-refractivity contribution < 1.29 is 14.3 Å². The van der Waals surface area contributed by atoms with Crippen LogP contribution in [0.3, 0.4) is 0 Å². The number of amides is 1. The zero-order chi connectivity index (χ0) is 21.8. The van der Waals surface area contributed by atoms with Crippen LogP contribution in [0.5, 0.6) is 11.5 Å². The second kappa shape index (κ2) is 9.36. The number of aliphatic imine (C=N–C) groups is 1. The van der Waals surface area contributed by atoms with Gasteiger partial charge in [-0.1, -0.05) is 36.4 Å². The number of benzene rings is 2. The average Bonchev–Trinajstić information content (AvgIpc) is 3.36. The summed E-state index contributed by atoms with van der Waals surface area (Å²) in [5, 5.41) is 3.19. The fourth-order valence-electron chi connectivity index (χ4n) is 2.99. The van der Waals surface area contributed by atoms with Crippen LogP contribution in [0.2, 0.25) is 0 Å². The van der Waals surface area contributed by atoms with Gasteiger partial charge in [0.1, 0.15) is 0 Å². The standard InChI is InChI=1S/C23H21N3O3S2/c1-4-29-18-11-10-15(12-19(18)28-3)13-20-21(27)26(2)23(31-20)25-22-24-17(14-30-22)16-8-6-5-7-9-16/h5-14H,4H2,1-3H3/b20-13-,25-23+. The molecule has 2 aromatic carbocycles. The molecular formula is C23H21N3O3S2. The Balaban J connectivity index is 1.57. The second-order valence-electron chi connectivity index (χ2n) is 6.59. The fourth-order valence-corrected chi connectivity index (χ4v) is 4.71. The maximum absolute atomic E-state index is 12.7. The first-order chi connectivity index (χ1) is 15.1. The van der Waals surface area contributed by atoms with Crippen molar-refractivity contribution in [3.63, 3.8) is 0 Å². The number of aromatic nitrogens is 1. The molecule has 0 aliphatic carbocycles. The van der Waals surface area contributed by atoms with Gasteiger partial charge in [-0.05, 0) is 42.5 Å². The average molecular weight is 452 g/mol. The Morgan fingerprint density at radius 2 is 1.97 bits per heavy atom. The van der Waals surface area contributed by atoms with E-state index >= 15 is 0 Å². The van der Waals surface area contributed by atoms with Crippen LogP contribution in [0.25, 0.3) is 17.3 Å². The summed E-state index contributed by atoms with van der Waals surface area (Å²) in [7, 11) is 3.32. The number of amidine groups is 1. The maximum Gasteiger partial charge on any atom is 0.266 e. The maximum atomic E-state index is 12.7.